The predicted molar refractivity (Wildman–Crippen MR) is 67.6 cm³/mol. The highest BCUT2D eigenvalue weighted by atomic mass is 19.4. The number of nitrogens with one attached hydrogen (secondary N) is 2. The van der Waals surface area contributed by atoms with E-state index in [-0.39, 0.29) is 17.1 Å². The van der Waals surface area contributed by atoms with E-state index >= 15 is 0 Å². The largest absolute Gasteiger partial charge is 0.418 e. The van der Waals surface area contributed by atoms with E-state index in [1.54, 1.807) is 13.0 Å². The van der Waals surface area contributed by atoms with Crippen molar-refractivity contribution in [2.75, 3.05) is 5.32 Å². The number of rotatable bonds is 3. The molecule has 2 aromatic rings. The Morgan fingerprint density at radius 2 is 2.19 bits per heavy atom. The zero-order valence-electron chi connectivity index (χ0n) is 10.7. The van der Waals surface area contributed by atoms with Crippen LogP contribution >= 0.6 is 0 Å². The highest BCUT2D eigenvalue weighted by molar-refractivity contribution is 5.74. The highest BCUT2D eigenvalue weighted by Gasteiger charge is 2.33. The van der Waals surface area contributed by atoms with Crippen LogP contribution < -0.4 is 5.32 Å². The molecule has 0 aliphatic rings. The molecule has 0 radical (unpaired) electrons. The van der Waals surface area contributed by atoms with Gasteiger partial charge < -0.3 is 5.32 Å². The van der Waals surface area contributed by atoms with Crippen molar-refractivity contribution in [3.05, 3.63) is 41.4 Å². The quantitative estimate of drug-likeness (QED) is 0.849. The molecule has 0 unspecified atom stereocenters. The van der Waals surface area contributed by atoms with Gasteiger partial charge in [-0.05, 0) is 29.8 Å². The molecule has 0 aliphatic heterocycles. The Bertz CT molecular complexity index is 697. The van der Waals surface area contributed by atoms with E-state index in [0.29, 0.717) is 5.56 Å². The number of nitrogens with zero attached hydrogens (tertiary/aromatic N) is 4. The number of halogens is 3. The molecular formula is C12H9F3N6. The monoisotopic (exact) mass is 294 g/mol. The number of nitriles is 1. The van der Waals surface area contributed by atoms with E-state index < -0.39 is 11.7 Å². The molecule has 9 heteroatoms. The molecule has 0 amide bonds. The topological polar surface area (TPSA) is 90.3 Å². The van der Waals surface area contributed by atoms with Gasteiger partial charge in [-0.2, -0.15) is 23.6 Å². The van der Waals surface area contributed by atoms with E-state index in [1.807, 2.05) is 0 Å². The standard InChI is InChI=1S/C12H9F3N6/c1-7-2-3-9(12(13,14)15)10(4-7)17-6-8(5-16)11-18-20-21-19-11/h2-4,6,17H,1H3,(H,18,19,20,21). The van der Waals surface area contributed by atoms with Crippen molar-refractivity contribution >= 4 is 11.3 Å². The first-order valence-corrected chi connectivity index (χ1v) is 5.70. The minimum Gasteiger partial charge on any atom is -0.360 e. The van der Waals surface area contributed by atoms with Crippen LogP contribution in [0.3, 0.4) is 0 Å². The molecular weight excluding hydrogens is 285 g/mol. The van der Waals surface area contributed by atoms with Gasteiger partial charge in [0.1, 0.15) is 11.6 Å². The van der Waals surface area contributed by atoms with Crippen LogP contribution in [0.25, 0.3) is 5.57 Å². The Morgan fingerprint density at radius 3 is 2.76 bits per heavy atom. The molecule has 0 spiro atoms. The molecule has 0 aliphatic carbocycles. The van der Waals surface area contributed by atoms with E-state index in [1.165, 1.54) is 12.1 Å². The van der Waals surface area contributed by atoms with Gasteiger partial charge in [0, 0.05) is 6.20 Å². The van der Waals surface area contributed by atoms with E-state index in [4.69, 9.17) is 5.26 Å². The summed E-state index contributed by atoms with van der Waals surface area (Å²) in [6.07, 6.45) is -3.39. The molecule has 2 rings (SSSR count). The first-order chi connectivity index (χ1) is 9.91. The average molecular weight is 294 g/mol. The molecule has 1 aromatic heterocycles. The van der Waals surface area contributed by atoms with E-state index in [2.05, 4.69) is 25.9 Å². The lowest BCUT2D eigenvalue weighted by molar-refractivity contribution is -0.136. The van der Waals surface area contributed by atoms with Crippen LogP contribution in [0.4, 0.5) is 18.9 Å². The first-order valence-electron chi connectivity index (χ1n) is 5.70. The summed E-state index contributed by atoms with van der Waals surface area (Å²) in [6, 6.07) is 5.46. The number of benzene rings is 1. The van der Waals surface area contributed by atoms with Crippen LogP contribution in [-0.4, -0.2) is 20.6 Å². The summed E-state index contributed by atoms with van der Waals surface area (Å²) in [7, 11) is 0. The molecule has 1 heterocycles. The van der Waals surface area contributed by atoms with Crippen molar-refractivity contribution in [3.8, 4) is 6.07 Å². The summed E-state index contributed by atoms with van der Waals surface area (Å²) < 4.78 is 38.7. The van der Waals surface area contributed by atoms with Gasteiger partial charge >= 0.3 is 6.18 Å². The molecule has 0 saturated carbocycles. The SMILES string of the molecule is Cc1ccc(C(F)(F)F)c(NC=C(C#N)c2nn[nH]n2)c1. The second-order valence-electron chi connectivity index (χ2n) is 4.10. The van der Waals surface area contributed by atoms with Crippen LogP contribution in [0.1, 0.15) is 17.0 Å². The Labute approximate surface area is 117 Å². The number of anilines is 1. The van der Waals surface area contributed by atoms with Crippen LogP contribution in [0.2, 0.25) is 0 Å². The number of H-pyrrole nitrogens is 1. The van der Waals surface area contributed by atoms with Gasteiger partial charge in [-0.25, -0.2) is 0 Å². The lowest BCUT2D eigenvalue weighted by Gasteiger charge is -2.13. The third-order valence-corrected chi connectivity index (χ3v) is 2.56. The molecule has 108 valence electrons. The fourth-order valence-electron chi connectivity index (χ4n) is 1.60. The first kappa shape index (κ1) is 14.5. The molecule has 6 nitrogen and oxygen atoms in total. The fraction of sp³-hybridized carbons (Fsp3) is 0.167. The van der Waals surface area contributed by atoms with Gasteiger partial charge in [-0.1, -0.05) is 6.07 Å². The smallest absolute Gasteiger partial charge is 0.360 e. The van der Waals surface area contributed by atoms with Crippen molar-refractivity contribution in [2.24, 2.45) is 0 Å². The van der Waals surface area contributed by atoms with Gasteiger partial charge in [0.2, 0.25) is 5.82 Å². The van der Waals surface area contributed by atoms with Crippen molar-refractivity contribution in [1.29, 1.82) is 5.26 Å². The van der Waals surface area contributed by atoms with E-state index in [0.717, 1.165) is 12.3 Å². The van der Waals surface area contributed by atoms with Crippen molar-refractivity contribution in [2.45, 2.75) is 13.1 Å². The Balaban J connectivity index is 2.36. The van der Waals surface area contributed by atoms with Gasteiger partial charge in [0.15, 0.2) is 0 Å². The van der Waals surface area contributed by atoms with Gasteiger partial charge in [-0.15, -0.1) is 10.2 Å². The van der Waals surface area contributed by atoms with Crippen molar-refractivity contribution in [1.82, 2.24) is 20.6 Å². The number of allylic oxidation sites excluding steroid dienone is 1. The number of hydrogen-bond donors (Lipinski definition) is 2. The number of aromatic nitrogens is 4. The summed E-state index contributed by atoms with van der Waals surface area (Å²) in [4.78, 5) is 0. The number of aromatic amines is 1. The van der Waals surface area contributed by atoms with E-state index in [9.17, 15) is 13.2 Å². The van der Waals surface area contributed by atoms with Crippen LogP contribution in [0.15, 0.2) is 24.4 Å². The summed E-state index contributed by atoms with van der Waals surface area (Å²) in [5.74, 6) is -0.00814. The Morgan fingerprint density at radius 1 is 1.43 bits per heavy atom. The number of hydrogen-bond acceptors (Lipinski definition) is 5. The maximum atomic E-state index is 12.9. The van der Waals surface area contributed by atoms with Crippen LogP contribution in [-0.2, 0) is 6.18 Å². The zero-order chi connectivity index (χ0) is 15.5. The van der Waals surface area contributed by atoms with Gasteiger partial charge in [0.25, 0.3) is 0 Å². The van der Waals surface area contributed by atoms with Crippen LogP contribution in [0, 0.1) is 18.3 Å². The second-order valence-corrected chi connectivity index (χ2v) is 4.10. The Kier molecular flexibility index (Phi) is 3.89. The van der Waals surface area contributed by atoms with Crippen LogP contribution in [0.5, 0.6) is 0 Å². The molecule has 0 saturated heterocycles. The summed E-state index contributed by atoms with van der Waals surface area (Å²) in [5.41, 5.74) is -0.371. The predicted octanol–water partition coefficient (Wildman–Crippen LogP) is 2.50. The maximum absolute atomic E-state index is 12.9. The molecule has 1 aromatic carbocycles. The third kappa shape index (κ3) is 3.36. The fourth-order valence-corrected chi connectivity index (χ4v) is 1.60. The minimum atomic E-state index is -4.50. The maximum Gasteiger partial charge on any atom is 0.418 e. The summed E-state index contributed by atoms with van der Waals surface area (Å²) >= 11 is 0. The Hall–Kier alpha value is -2.89. The normalized spacial score (nSPS) is 12.0. The second kappa shape index (κ2) is 5.62. The molecule has 0 atom stereocenters. The van der Waals surface area contributed by atoms with Crippen molar-refractivity contribution < 1.29 is 13.2 Å². The van der Waals surface area contributed by atoms with Crippen molar-refractivity contribution in [3.63, 3.8) is 0 Å². The lowest BCUT2D eigenvalue weighted by atomic mass is 10.1. The van der Waals surface area contributed by atoms with Gasteiger partial charge in [0.05, 0.1) is 11.3 Å². The molecule has 0 fully saturated rings. The third-order valence-electron chi connectivity index (χ3n) is 2.56. The lowest BCUT2D eigenvalue weighted by Crippen LogP contribution is -2.09. The molecule has 2 N–H and O–H groups in total. The number of aryl methyl sites for hydroxylation is 1. The molecule has 0 bridgehead atoms. The molecule has 21 heavy (non-hydrogen) atoms. The summed E-state index contributed by atoms with van der Waals surface area (Å²) in [5, 5.41) is 24.0. The zero-order valence-corrected chi connectivity index (χ0v) is 10.7. The minimum absolute atomic E-state index is 0.00814. The number of alkyl halides is 3. The number of tetrazole rings is 1. The summed E-state index contributed by atoms with van der Waals surface area (Å²) in [6.45, 7) is 1.67. The average Bonchev–Trinajstić information content (AvgIpc) is 2.92. The van der Waals surface area contributed by atoms with Gasteiger partial charge in [-0.3, -0.25) is 0 Å². The highest BCUT2D eigenvalue weighted by Crippen LogP contribution is 2.35.